The molecule has 0 amide bonds. The van der Waals surface area contributed by atoms with Gasteiger partial charge in [0, 0.05) is 10.6 Å². The van der Waals surface area contributed by atoms with Gasteiger partial charge in [-0.1, -0.05) is 41.3 Å². The van der Waals surface area contributed by atoms with Crippen molar-refractivity contribution in [2.24, 2.45) is 0 Å². The van der Waals surface area contributed by atoms with E-state index in [4.69, 9.17) is 5.26 Å². The molecule has 0 aliphatic heterocycles. The summed E-state index contributed by atoms with van der Waals surface area (Å²) in [6.45, 7) is 0. The van der Waals surface area contributed by atoms with Crippen LogP contribution in [0.2, 0.25) is 0 Å². The molecule has 0 radical (unpaired) electrons. The Morgan fingerprint density at radius 2 is 1.88 bits per heavy atom. The maximum atomic E-state index is 8.82. The summed E-state index contributed by atoms with van der Waals surface area (Å²) in [5.74, 6) is 0.731. The minimum atomic E-state index is 0.635. The third kappa shape index (κ3) is 3.11. The molecule has 2 aromatic heterocycles. The fraction of sp³-hybridized carbons (Fsp3) is 0. The number of hydrogen-bond donors (Lipinski definition) is 1. The Balaban J connectivity index is 1.52. The zero-order valence-corrected chi connectivity index (χ0v) is 14.0. The van der Waals surface area contributed by atoms with Gasteiger partial charge in [0.1, 0.15) is 0 Å². The second-order valence-corrected chi connectivity index (χ2v) is 7.23. The molecule has 4 aromatic rings. The topological polar surface area (TPSA) is 66.0 Å². The first kappa shape index (κ1) is 14.8. The van der Waals surface area contributed by atoms with E-state index in [0.29, 0.717) is 5.56 Å². The quantitative estimate of drug-likeness (QED) is 0.585. The van der Waals surface area contributed by atoms with Crippen molar-refractivity contribution in [3.63, 3.8) is 0 Å². The van der Waals surface area contributed by atoms with Crippen LogP contribution in [0.3, 0.4) is 0 Å². The van der Waals surface area contributed by atoms with Crippen LogP contribution in [0.1, 0.15) is 5.56 Å². The molecule has 2 heterocycles. The molecular formula is C17H11N5S2. The first-order valence-corrected chi connectivity index (χ1v) is 8.80. The van der Waals surface area contributed by atoms with E-state index >= 15 is 0 Å². The predicted molar refractivity (Wildman–Crippen MR) is 95.9 cm³/mol. The van der Waals surface area contributed by atoms with Crippen LogP contribution in [0.4, 0.5) is 11.5 Å². The molecule has 116 valence electrons. The van der Waals surface area contributed by atoms with Crippen LogP contribution in [-0.4, -0.2) is 14.6 Å². The maximum Gasteiger partial charge on any atom is 0.214 e. The number of imidazole rings is 1. The van der Waals surface area contributed by atoms with Crippen LogP contribution in [0.15, 0.2) is 70.0 Å². The molecule has 0 atom stereocenters. The van der Waals surface area contributed by atoms with Gasteiger partial charge < -0.3 is 5.32 Å². The van der Waals surface area contributed by atoms with Gasteiger partial charge in [-0.25, -0.2) is 4.52 Å². The van der Waals surface area contributed by atoms with Gasteiger partial charge >= 0.3 is 0 Å². The SMILES string of the molecule is N#Cc1ccc(Nc2cn3nc(Sc4ccccc4)sc3n2)cc1. The zero-order chi connectivity index (χ0) is 16.4. The van der Waals surface area contributed by atoms with Crippen molar-refractivity contribution in [1.29, 1.82) is 5.26 Å². The molecule has 0 saturated heterocycles. The lowest BCUT2D eigenvalue weighted by atomic mass is 10.2. The molecule has 0 aliphatic carbocycles. The Morgan fingerprint density at radius 3 is 2.58 bits per heavy atom. The summed E-state index contributed by atoms with van der Waals surface area (Å²) in [4.78, 5) is 6.54. The summed E-state index contributed by atoms with van der Waals surface area (Å²) < 4.78 is 2.73. The van der Waals surface area contributed by atoms with Gasteiger partial charge in [0.2, 0.25) is 4.96 Å². The Bertz CT molecular complexity index is 981. The number of nitriles is 1. The normalized spacial score (nSPS) is 10.6. The number of aromatic nitrogens is 3. The molecule has 0 bridgehead atoms. The van der Waals surface area contributed by atoms with Crippen molar-refractivity contribution in [2.45, 2.75) is 9.24 Å². The number of fused-ring (bicyclic) bond motifs is 1. The molecule has 24 heavy (non-hydrogen) atoms. The summed E-state index contributed by atoms with van der Waals surface area (Å²) in [5, 5.41) is 16.6. The fourth-order valence-electron chi connectivity index (χ4n) is 2.15. The van der Waals surface area contributed by atoms with Gasteiger partial charge in [0.15, 0.2) is 10.2 Å². The van der Waals surface area contributed by atoms with Crippen molar-refractivity contribution in [1.82, 2.24) is 14.6 Å². The Hall–Kier alpha value is -2.82. The molecule has 0 saturated carbocycles. The molecule has 0 aliphatic rings. The largest absolute Gasteiger partial charge is 0.339 e. The molecule has 5 nitrogen and oxygen atoms in total. The van der Waals surface area contributed by atoms with Crippen molar-refractivity contribution in [3.8, 4) is 6.07 Å². The van der Waals surface area contributed by atoms with Crippen LogP contribution in [-0.2, 0) is 0 Å². The number of benzene rings is 2. The third-order valence-corrected chi connectivity index (χ3v) is 5.24. The molecule has 0 unspecified atom stereocenters. The summed E-state index contributed by atoms with van der Waals surface area (Å²) >= 11 is 3.18. The van der Waals surface area contributed by atoms with E-state index in [9.17, 15) is 0 Å². The lowest BCUT2D eigenvalue weighted by Crippen LogP contribution is -1.90. The lowest BCUT2D eigenvalue weighted by Gasteiger charge is -2.01. The van der Waals surface area contributed by atoms with Crippen LogP contribution in [0.5, 0.6) is 0 Å². The van der Waals surface area contributed by atoms with Crippen LogP contribution >= 0.6 is 23.1 Å². The average Bonchev–Trinajstić information content (AvgIpc) is 3.14. The van der Waals surface area contributed by atoms with Crippen molar-refractivity contribution >= 4 is 39.6 Å². The van der Waals surface area contributed by atoms with Gasteiger partial charge in [0.25, 0.3) is 0 Å². The number of hydrogen-bond acceptors (Lipinski definition) is 6. The Kier molecular flexibility index (Phi) is 3.91. The number of anilines is 2. The number of rotatable bonds is 4. The zero-order valence-electron chi connectivity index (χ0n) is 12.4. The first-order chi connectivity index (χ1) is 11.8. The highest BCUT2D eigenvalue weighted by atomic mass is 32.2. The van der Waals surface area contributed by atoms with Gasteiger partial charge in [0.05, 0.1) is 17.8 Å². The van der Waals surface area contributed by atoms with Gasteiger partial charge in [-0.3, -0.25) is 0 Å². The monoisotopic (exact) mass is 349 g/mol. The molecule has 7 heteroatoms. The van der Waals surface area contributed by atoms with Crippen LogP contribution in [0, 0.1) is 11.3 Å². The lowest BCUT2D eigenvalue weighted by molar-refractivity contribution is 0.915. The second-order valence-electron chi connectivity index (χ2n) is 4.95. The highest BCUT2D eigenvalue weighted by Gasteiger charge is 2.09. The van der Waals surface area contributed by atoms with Crippen molar-refractivity contribution in [2.75, 3.05) is 5.32 Å². The van der Waals surface area contributed by atoms with E-state index in [-0.39, 0.29) is 0 Å². The number of nitrogens with one attached hydrogen (secondary N) is 1. The summed E-state index contributed by atoms with van der Waals surface area (Å²) in [6, 6.07) is 19.5. The van der Waals surface area contributed by atoms with E-state index in [1.165, 1.54) is 0 Å². The minimum Gasteiger partial charge on any atom is -0.339 e. The van der Waals surface area contributed by atoms with Crippen LogP contribution < -0.4 is 5.32 Å². The maximum absolute atomic E-state index is 8.82. The van der Waals surface area contributed by atoms with Crippen molar-refractivity contribution in [3.05, 3.63) is 66.4 Å². The fourth-order valence-corrected chi connectivity index (χ4v) is 4.07. The van der Waals surface area contributed by atoms with Gasteiger partial charge in [-0.15, -0.1) is 5.10 Å². The van der Waals surface area contributed by atoms with E-state index in [0.717, 1.165) is 25.7 Å². The van der Waals surface area contributed by atoms with Crippen LogP contribution in [0.25, 0.3) is 4.96 Å². The Morgan fingerprint density at radius 1 is 1.08 bits per heavy atom. The third-order valence-electron chi connectivity index (χ3n) is 3.26. The number of nitrogens with zero attached hydrogens (tertiary/aromatic N) is 4. The molecule has 0 fully saturated rings. The minimum absolute atomic E-state index is 0.635. The van der Waals surface area contributed by atoms with Gasteiger partial charge in [-0.05, 0) is 36.4 Å². The van der Waals surface area contributed by atoms with E-state index in [1.807, 2.05) is 36.5 Å². The molecular weight excluding hydrogens is 338 g/mol. The molecule has 0 spiro atoms. The van der Waals surface area contributed by atoms with Gasteiger partial charge in [-0.2, -0.15) is 10.2 Å². The summed E-state index contributed by atoms with van der Waals surface area (Å²) in [6.07, 6.45) is 1.86. The summed E-state index contributed by atoms with van der Waals surface area (Å²) in [5.41, 5.74) is 1.52. The van der Waals surface area contributed by atoms with Crippen molar-refractivity contribution < 1.29 is 0 Å². The predicted octanol–water partition coefficient (Wildman–Crippen LogP) is 4.56. The highest BCUT2D eigenvalue weighted by Crippen LogP contribution is 2.31. The smallest absolute Gasteiger partial charge is 0.214 e. The highest BCUT2D eigenvalue weighted by molar-refractivity contribution is 8.01. The first-order valence-electron chi connectivity index (χ1n) is 7.16. The van der Waals surface area contributed by atoms with E-state index < -0.39 is 0 Å². The summed E-state index contributed by atoms with van der Waals surface area (Å²) in [7, 11) is 0. The molecule has 1 N–H and O–H groups in total. The average molecular weight is 349 g/mol. The second kappa shape index (κ2) is 6.35. The molecule has 4 rings (SSSR count). The van der Waals surface area contributed by atoms with E-state index in [2.05, 4.69) is 33.6 Å². The Labute approximate surface area is 146 Å². The molecule has 2 aromatic carbocycles. The standard InChI is InChI=1S/C17H11N5S2/c18-10-12-6-8-13(9-7-12)19-15-11-22-16(20-15)24-17(21-22)23-14-4-2-1-3-5-14/h1-9,11,19H. The van der Waals surface area contributed by atoms with E-state index in [1.54, 1.807) is 39.7 Å².